The van der Waals surface area contributed by atoms with Crippen molar-refractivity contribution in [2.45, 2.75) is 198 Å². The number of rotatable bonds is 7. The van der Waals surface area contributed by atoms with E-state index in [4.69, 9.17) is 28.4 Å². The van der Waals surface area contributed by atoms with Crippen LogP contribution in [0.1, 0.15) is 106 Å². The molecule has 0 aromatic heterocycles. The first-order chi connectivity index (χ1) is 29.4. The Hall–Kier alpha value is -1.19. The Morgan fingerprint density at radius 3 is 2.08 bits per heavy atom. The lowest BCUT2D eigenvalue weighted by Gasteiger charge is -2.71. The van der Waals surface area contributed by atoms with Crippen LogP contribution < -0.4 is 0 Å². The number of carbonyl (C=O) groups excluding carboxylic acids is 1. The number of ether oxygens (including phenoxy) is 6. The summed E-state index contributed by atoms with van der Waals surface area (Å²) in [5.41, 5.74) is -0.0838. The first-order valence-electron chi connectivity index (χ1n) is 23.6. The van der Waals surface area contributed by atoms with Gasteiger partial charge < -0.3 is 74.4 Å². The fourth-order valence-electron chi connectivity index (χ4n) is 15.5. The van der Waals surface area contributed by atoms with Crippen LogP contribution in [0.15, 0.2) is 11.6 Å². The van der Waals surface area contributed by atoms with E-state index in [1.165, 1.54) is 5.57 Å². The van der Waals surface area contributed by atoms with Crippen molar-refractivity contribution in [3.05, 3.63) is 11.6 Å². The van der Waals surface area contributed by atoms with E-state index < -0.39 is 103 Å². The highest BCUT2D eigenvalue weighted by molar-refractivity contribution is 5.89. The molecule has 0 amide bonds. The largest absolute Gasteiger partial charge is 0.392 e. The van der Waals surface area contributed by atoms with Crippen molar-refractivity contribution in [2.75, 3.05) is 19.8 Å². The van der Waals surface area contributed by atoms with E-state index in [0.717, 1.165) is 38.5 Å². The van der Waals surface area contributed by atoms with Crippen molar-refractivity contribution in [3.8, 4) is 0 Å². The molecule has 3 heterocycles. The molecular weight excluding hydrogens is 821 g/mol. The van der Waals surface area contributed by atoms with Gasteiger partial charge in [-0.25, -0.2) is 0 Å². The van der Waals surface area contributed by atoms with Gasteiger partial charge in [0.2, 0.25) is 0 Å². The first-order valence-corrected chi connectivity index (χ1v) is 23.6. The smallest absolute Gasteiger partial charge is 0.186 e. The SMILES string of the molecule is CC1(C)CC2C3=CCC4C5(C)CCC(OC6OC(COC7OCC(O)C(O)C7OC7OCC(O)C(O)C7O)C(O)C(O)C6O)C(C)(C)C5CCC4(C)C3(C)CC(O)C23CC1CC3=O. The molecule has 9 aliphatic rings. The van der Waals surface area contributed by atoms with Gasteiger partial charge in [0.15, 0.2) is 18.9 Å². The third kappa shape index (κ3) is 6.88. The fraction of sp³-hybridized carbons (Fsp3) is 0.936. The molecule has 2 bridgehead atoms. The summed E-state index contributed by atoms with van der Waals surface area (Å²) in [6.07, 6.45) is -10.8. The average molecular weight is 895 g/mol. The van der Waals surface area contributed by atoms with Crippen molar-refractivity contribution in [3.63, 3.8) is 0 Å². The molecule has 9 rings (SSSR count). The molecule has 63 heavy (non-hydrogen) atoms. The maximum absolute atomic E-state index is 13.9. The quantitative estimate of drug-likeness (QED) is 0.128. The molecule has 9 N–H and O–H groups in total. The summed E-state index contributed by atoms with van der Waals surface area (Å²) in [7, 11) is 0. The number of carbonyl (C=O) groups is 1. The molecule has 3 aliphatic heterocycles. The van der Waals surface area contributed by atoms with Crippen LogP contribution in [0.2, 0.25) is 0 Å². The van der Waals surface area contributed by atoms with E-state index in [1.807, 2.05) is 0 Å². The van der Waals surface area contributed by atoms with Crippen LogP contribution in [0.4, 0.5) is 0 Å². The lowest BCUT2D eigenvalue weighted by Crippen LogP contribution is -2.67. The third-order valence-corrected chi connectivity index (χ3v) is 19.6. The Labute approximate surface area is 370 Å². The molecule has 0 aromatic rings. The highest BCUT2D eigenvalue weighted by Crippen LogP contribution is 2.77. The minimum atomic E-state index is -1.69. The van der Waals surface area contributed by atoms with Crippen LogP contribution in [0, 0.1) is 56.2 Å². The van der Waals surface area contributed by atoms with E-state index >= 15 is 0 Å². The molecule has 23 atom stereocenters. The molecular formula is C47H74O16. The lowest BCUT2D eigenvalue weighted by atomic mass is 9.33. The Balaban J connectivity index is 0.896. The maximum Gasteiger partial charge on any atom is 0.186 e. The number of fused-ring (bicyclic) bond motifs is 7. The molecule has 0 aromatic carbocycles. The van der Waals surface area contributed by atoms with Crippen molar-refractivity contribution < 1.29 is 79.2 Å². The van der Waals surface area contributed by atoms with Gasteiger partial charge in [-0.15, -0.1) is 0 Å². The van der Waals surface area contributed by atoms with Crippen LogP contribution in [-0.4, -0.2) is 164 Å². The summed E-state index contributed by atoms with van der Waals surface area (Å²) < 4.78 is 35.5. The lowest BCUT2D eigenvalue weighted by molar-refractivity contribution is -0.357. The van der Waals surface area contributed by atoms with E-state index in [2.05, 4.69) is 54.5 Å². The number of aliphatic hydroxyl groups is 9. The van der Waals surface area contributed by atoms with Gasteiger partial charge in [0.25, 0.3) is 0 Å². The zero-order chi connectivity index (χ0) is 45.6. The highest BCUT2D eigenvalue weighted by atomic mass is 16.8. The Morgan fingerprint density at radius 2 is 1.37 bits per heavy atom. The summed E-state index contributed by atoms with van der Waals surface area (Å²) in [5, 5.41) is 97.3. The Morgan fingerprint density at radius 1 is 0.698 bits per heavy atom. The van der Waals surface area contributed by atoms with Crippen molar-refractivity contribution >= 4 is 5.78 Å². The first kappa shape index (κ1) is 46.9. The molecule has 1 spiro atoms. The minimum absolute atomic E-state index is 0.0313. The predicted octanol–water partition coefficient (Wildman–Crippen LogP) is 1.07. The summed E-state index contributed by atoms with van der Waals surface area (Å²) in [4.78, 5) is 13.9. The molecule has 358 valence electrons. The van der Waals surface area contributed by atoms with E-state index in [9.17, 15) is 50.8 Å². The van der Waals surface area contributed by atoms with Gasteiger partial charge in [-0.05, 0) is 102 Å². The highest BCUT2D eigenvalue weighted by Gasteiger charge is 2.73. The number of hydrogen-bond acceptors (Lipinski definition) is 16. The molecule has 0 radical (unpaired) electrons. The monoisotopic (exact) mass is 894 g/mol. The van der Waals surface area contributed by atoms with Gasteiger partial charge in [0, 0.05) is 6.42 Å². The van der Waals surface area contributed by atoms with Gasteiger partial charge in [0.1, 0.15) is 66.8 Å². The predicted molar refractivity (Wildman–Crippen MR) is 221 cm³/mol. The molecule has 16 nitrogen and oxygen atoms in total. The molecule has 23 unspecified atom stereocenters. The van der Waals surface area contributed by atoms with Crippen LogP contribution in [-0.2, 0) is 33.2 Å². The van der Waals surface area contributed by atoms with E-state index in [0.29, 0.717) is 31.1 Å². The molecule has 6 aliphatic carbocycles. The molecule has 8 fully saturated rings. The molecule has 3 saturated heterocycles. The second-order valence-corrected chi connectivity index (χ2v) is 23.3. The van der Waals surface area contributed by atoms with Crippen LogP contribution in [0.5, 0.6) is 0 Å². The Kier molecular flexibility index (Phi) is 11.9. The van der Waals surface area contributed by atoms with E-state index in [-0.39, 0.29) is 58.6 Å². The summed E-state index contributed by atoms with van der Waals surface area (Å²) in [6.45, 7) is 15.2. The second kappa shape index (κ2) is 15.9. The number of aliphatic hydroxyl groups excluding tert-OH is 9. The summed E-state index contributed by atoms with van der Waals surface area (Å²) >= 11 is 0. The Bertz CT molecular complexity index is 1770. The normalized spacial score (nSPS) is 56.1. The second-order valence-electron chi connectivity index (χ2n) is 23.3. The van der Waals surface area contributed by atoms with Crippen LogP contribution in [0.25, 0.3) is 0 Å². The number of Topliss-reactive ketones (excluding diaryl/α,β-unsaturated/α-hetero) is 1. The average Bonchev–Trinajstić information content (AvgIpc) is 3.54. The number of ketones is 1. The van der Waals surface area contributed by atoms with Gasteiger partial charge in [0.05, 0.1) is 37.4 Å². The van der Waals surface area contributed by atoms with Crippen molar-refractivity contribution in [1.82, 2.24) is 0 Å². The van der Waals surface area contributed by atoms with Crippen LogP contribution >= 0.6 is 0 Å². The zero-order valence-corrected chi connectivity index (χ0v) is 37.9. The van der Waals surface area contributed by atoms with Gasteiger partial charge in [-0.1, -0.05) is 60.1 Å². The standard InChI is InChI=1S/C47H74O16/c1-42(2)16-23-22-8-9-28-44(5)12-11-31(43(3,4)27(44)10-13-45(28,6)46(22,7)17-30(51)47(23)15-21(42)14-29(47)50)62-40-37(57)35(55)34(54)26(61-40)20-60-41-38(33(53)25(49)19-59-41)63-39-36(56)32(52)24(48)18-58-39/h8,21,23-28,30-41,48-49,51-57H,9-20H2,1-7H3. The minimum Gasteiger partial charge on any atom is -0.392 e. The van der Waals surface area contributed by atoms with Crippen LogP contribution in [0.3, 0.4) is 0 Å². The zero-order valence-electron chi connectivity index (χ0n) is 37.9. The fourth-order valence-corrected chi connectivity index (χ4v) is 15.5. The summed E-state index contributed by atoms with van der Waals surface area (Å²) in [5.74, 6) is 1.18. The third-order valence-electron chi connectivity index (χ3n) is 19.6. The van der Waals surface area contributed by atoms with Crippen molar-refractivity contribution in [1.29, 1.82) is 0 Å². The molecule has 5 saturated carbocycles. The maximum atomic E-state index is 13.9. The molecule has 16 heteroatoms. The van der Waals surface area contributed by atoms with Gasteiger partial charge >= 0.3 is 0 Å². The summed E-state index contributed by atoms with van der Waals surface area (Å²) in [6, 6.07) is 0. The van der Waals surface area contributed by atoms with Gasteiger partial charge in [-0.2, -0.15) is 0 Å². The van der Waals surface area contributed by atoms with E-state index in [1.54, 1.807) is 0 Å². The van der Waals surface area contributed by atoms with Crippen molar-refractivity contribution in [2.24, 2.45) is 56.2 Å². The number of hydrogen-bond donors (Lipinski definition) is 9. The number of allylic oxidation sites excluding steroid dienone is 2. The van der Waals surface area contributed by atoms with Gasteiger partial charge in [-0.3, -0.25) is 4.79 Å². The topological polar surface area (TPSA) is 255 Å².